The van der Waals surface area contributed by atoms with E-state index in [9.17, 15) is 9.59 Å². The third kappa shape index (κ3) is 3.73. The van der Waals surface area contributed by atoms with E-state index in [1.165, 1.54) is 6.92 Å². The molecule has 0 aliphatic rings. The Labute approximate surface area is 103 Å². The third-order valence-electron chi connectivity index (χ3n) is 2.38. The van der Waals surface area contributed by atoms with Crippen molar-refractivity contribution in [1.82, 2.24) is 0 Å². The minimum Gasteiger partial charge on any atom is -0.466 e. The zero-order valence-electron chi connectivity index (χ0n) is 10.1. The van der Waals surface area contributed by atoms with Gasteiger partial charge in [-0.2, -0.15) is 0 Å². The van der Waals surface area contributed by atoms with Gasteiger partial charge in [0.2, 0.25) is 0 Å². The fourth-order valence-corrected chi connectivity index (χ4v) is 1.35. The van der Waals surface area contributed by atoms with Crippen LogP contribution in [-0.4, -0.2) is 26.2 Å². The lowest BCUT2D eigenvalue weighted by atomic mass is 9.81. The van der Waals surface area contributed by atoms with Crippen molar-refractivity contribution < 1.29 is 14.3 Å². The topological polar surface area (TPSA) is 43.4 Å². The number of hydrogen-bond donors (Lipinski definition) is 0. The van der Waals surface area contributed by atoms with E-state index in [0.29, 0.717) is 17.7 Å². The molecule has 0 saturated carbocycles. The predicted octanol–water partition coefficient (Wildman–Crippen LogP) is 2.05. The summed E-state index contributed by atoms with van der Waals surface area (Å²) in [5.41, 5.74) is 1.25. The van der Waals surface area contributed by atoms with Gasteiger partial charge in [0.1, 0.15) is 0 Å². The fraction of sp³-hybridized carbons (Fsp3) is 0.385. The van der Waals surface area contributed by atoms with Crippen molar-refractivity contribution in [1.29, 1.82) is 0 Å². The first-order valence-corrected chi connectivity index (χ1v) is 5.59. The number of ether oxygens (including phenoxy) is 1. The molecule has 88 valence electrons. The summed E-state index contributed by atoms with van der Waals surface area (Å²) in [4.78, 5) is 22.6. The average Bonchev–Trinajstić information content (AvgIpc) is 2.35. The highest BCUT2D eigenvalue weighted by Gasteiger charge is 2.15. The van der Waals surface area contributed by atoms with Gasteiger partial charge >= 0.3 is 5.97 Å². The first-order chi connectivity index (χ1) is 8.06. The standard InChI is InChI=1S/C13H15BO3/c1-3-8-17-13(16)12(14)11-6-4-10(5-7-11)9(2)15/h4-7,12H,3,8H2,1-2H3. The molecule has 0 amide bonds. The molecule has 1 atom stereocenters. The summed E-state index contributed by atoms with van der Waals surface area (Å²) in [6.07, 6.45) is 0.766. The second-order valence-corrected chi connectivity index (χ2v) is 3.82. The number of ketones is 1. The zero-order chi connectivity index (χ0) is 12.8. The first kappa shape index (κ1) is 13.5. The van der Waals surface area contributed by atoms with Crippen LogP contribution in [0.2, 0.25) is 0 Å². The Morgan fingerprint density at radius 2 is 1.88 bits per heavy atom. The SMILES string of the molecule is [B]C(C(=O)OCCC)c1ccc(C(C)=O)cc1. The Balaban J connectivity index is 2.72. The molecule has 0 saturated heterocycles. The molecule has 2 radical (unpaired) electrons. The molecule has 0 aliphatic heterocycles. The van der Waals surface area contributed by atoms with Crippen LogP contribution in [-0.2, 0) is 9.53 Å². The number of carbonyl (C=O) groups excluding carboxylic acids is 2. The maximum absolute atomic E-state index is 11.5. The van der Waals surface area contributed by atoms with Gasteiger partial charge in [0.05, 0.1) is 14.5 Å². The molecule has 1 aromatic rings. The van der Waals surface area contributed by atoms with Gasteiger partial charge in [-0.25, -0.2) is 0 Å². The Kier molecular flexibility index (Phi) is 4.95. The van der Waals surface area contributed by atoms with Crippen molar-refractivity contribution in [3.63, 3.8) is 0 Å². The van der Waals surface area contributed by atoms with Crippen molar-refractivity contribution in [2.24, 2.45) is 0 Å². The fourth-order valence-electron chi connectivity index (χ4n) is 1.35. The molecule has 17 heavy (non-hydrogen) atoms. The van der Waals surface area contributed by atoms with E-state index in [2.05, 4.69) is 0 Å². The lowest BCUT2D eigenvalue weighted by Crippen LogP contribution is -2.16. The molecule has 0 fully saturated rings. The number of hydrogen-bond acceptors (Lipinski definition) is 3. The van der Waals surface area contributed by atoms with Crippen molar-refractivity contribution in [2.75, 3.05) is 6.61 Å². The van der Waals surface area contributed by atoms with Crippen LogP contribution in [0.4, 0.5) is 0 Å². The van der Waals surface area contributed by atoms with Gasteiger partial charge in [0.25, 0.3) is 0 Å². The van der Waals surface area contributed by atoms with Gasteiger partial charge < -0.3 is 4.74 Å². The Morgan fingerprint density at radius 1 is 1.29 bits per heavy atom. The van der Waals surface area contributed by atoms with E-state index in [1.54, 1.807) is 24.3 Å². The van der Waals surface area contributed by atoms with Crippen LogP contribution < -0.4 is 0 Å². The van der Waals surface area contributed by atoms with Gasteiger partial charge in [-0.3, -0.25) is 9.59 Å². The molecule has 0 aromatic heterocycles. The second kappa shape index (κ2) is 6.23. The molecule has 3 nitrogen and oxygen atoms in total. The minimum atomic E-state index is -0.789. The highest BCUT2D eigenvalue weighted by molar-refractivity contribution is 6.23. The van der Waals surface area contributed by atoms with E-state index < -0.39 is 11.8 Å². The summed E-state index contributed by atoms with van der Waals surface area (Å²) in [6, 6.07) is 6.67. The predicted molar refractivity (Wildman–Crippen MR) is 66.2 cm³/mol. The Morgan fingerprint density at radius 3 is 2.35 bits per heavy atom. The molecular formula is C13H15BO3. The zero-order valence-corrected chi connectivity index (χ0v) is 10.1. The monoisotopic (exact) mass is 230 g/mol. The van der Waals surface area contributed by atoms with Crippen molar-refractivity contribution in [3.05, 3.63) is 35.4 Å². The van der Waals surface area contributed by atoms with Crippen LogP contribution in [0, 0.1) is 0 Å². The normalized spacial score (nSPS) is 11.9. The largest absolute Gasteiger partial charge is 0.466 e. The van der Waals surface area contributed by atoms with Crippen molar-refractivity contribution >= 4 is 19.6 Å². The molecule has 0 spiro atoms. The molecule has 0 heterocycles. The summed E-state index contributed by atoms with van der Waals surface area (Å²) < 4.78 is 4.95. The van der Waals surface area contributed by atoms with Crippen LogP contribution >= 0.6 is 0 Å². The smallest absolute Gasteiger partial charge is 0.304 e. The lowest BCUT2D eigenvalue weighted by Gasteiger charge is -2.11. The summed E-state index contributed by atoms with van der Waals surface area (Å²) in [5, 5.41) is 0. The molecule has 1 unspecified atom stereocenters. The minimum absolute atomic E-state index is 0.0151. The highest BCUT2D eigenvalue weighted by Crippen LogP contribution is 2.15. The average molecular weight is 230 g/mol. The number of carbonyl (C=O) groups is 2. The van der Waals surface area contributed by atoms with Crippen LogP contribution in [0.1, 0.15) is 42.0 Å². The summed E-state index contributed by atoms with van der Waals surface area (Å²) >= 11 is 0. The van der Waals surface area contributed by atoms with Crippen LogP contribution in [0.25, 0.3) is 0 Å². The third-order valence-corrected chi connectivity index (χ3v) is 2.38. The molecular weight excluding hydrogens is 215 g/mol. The molecule has 4 heteroatoms. The van der Waals surface area contributed by atoms with Gasteiger partial charge in [-0.15, -0.1) is 0 Å². The number of esters is 1. The van der Waals surface area contributed by atoms with E-state index in [-0.39, 0.29) is 5.78 Å². The van der Waals surface area contributed by atoms with Crippen molar-refractivity contribution in [2.45, 2.75) is 26.1 Å². The molecule has 0 aliphatic carbocycles. The van der Waals surface area contributed by atoms with E-state index >= 15 is 0 Å². The van der Waals surface area contributed by atoms with Crippen LogP contribution in [0.15, 0.2) is 24.3 Å². The molecule has 1 aromatic carbocycles. The highest BCUT2D eigenvalue weighted by atomic mass is 16.5. The summed E-state index contributed by atoms with van der Waals surface area (Å²) in [6.45, 7) is 3.78. The van der Waals surface area contributed by atoms with Crippen LogP contribution in [0.3, 0.4) is 0 Å². The number of benzene rings is 1. The summed E-state index contributed by atoms with van der Waals surface area (Å²) in [7, 11) is 5.75. The van der Waals surface area contributed by atoms with E-state index in [0.717, 1.165) is 6.42 Å². The molecule has 1 rings (SSSR count). The first-order valence-electron chi connectivity index (χ1n) is 5.59. The molecule has 0 bridgehead atoms. The molecule has 0 N–H and O–H groups in total. The Hall–Kier alpha value is -1.58. The van der Waals surface area contributed by atoms with E-state index in [4.69, 9.17) is 12.6 Å². The number of Topliss-reactive ketones (excluding diaryl/α,β-unsaturated/α-hetero) is 1. The quantitative estimate of drug-likeness (QED) is 0.441. The summed E-state index contributed by atoms with van der Waals surface area (Å²) in [5.74, 6) is -1.25. The van der Waals surface area contributed by atoms with Crippen LogP contribution in [0.5, 0.6) is 0 Å². The number of rotatable bonds is 5. The van der Waals surface area contributed by atoms with Gasteiger partial charge in [-0.1, -0.05) is 31.2 Å². The van der Waals surface area contributed by atoms with E-state index in [1.807, 2.05) is 6.92 Å². The van der Waals surface area contributed by atoms with Gasteiger partial charge in [0.15, 0.2) is 5.78 Å². The van der Waals surface area contributed by atoms with Gasteiger partial charge in [-0.05, 0) is 18.9 Å². The maximum Gasteiger partial charge on any atom is 0.304 e. The Bertz CT molecular complexity index is 398. The van der Waals surface area contributed by atoms with Gasteiger partial charge in [0, 0.05) is 11.4 Å². The lowest BCUT2D eigenvalue weighted by molar-refractivity contribution is -0.143. The maximum atomic E-state index is 11.5. The van der Waals surface area contributed by atoms with Crippen molar-refractivity contribution in [3.8, 4) is 0 Å². The second-order valence-electron chi connectivity index (χ2n) is 3.82.